The molecule has 2 aliphatic rings. The van der Waals surface area contributed by atoms with Crippen LogP contribution in [0, 0.1) is 0 Å². The third-order valence-electron chi connectivity index (χ3n) is 4.96. The summed E-state index contributed by atoms with van der Waals surface area (Å²) in [7, 11) is 0. The van der Waals surface area contributed by atoms with Crippen LogP contribution in [0.4, 0.5) is 13.2 Å². The van der Waals surface area contributed by atoms with Gasteiger partial charge < -0.3 is 14.9 Å². The summed E-state index contributed by atoms with van der Waals surface area (Å²) in [5, 5.41) is 25.3. The molecule has 3 atom stereocenters. The molecule has 1 unspecified atom stereocenters. The number of benzene rings is 1. The average molecular weight is 412 g/mol. The Kier molecular flexibility index (Phi) is 4.44. The summed E-state index contributed by atoms with van der Waals surface area (Å²) in [6.07, 6.45) is -6.21. The third kappa shape index (κ3) is 3.18. The van der Waals surface area contributed by atoms with Crippen molar-refractivity contribution in [1.82, 2.24) is 9.55 Å². The quantitative estimate of drug-likeness (QED) is 0.691. The number of hydrogen-bond donors (Lipinski definition) is 3. The van der Waals surface area contributed by atoms with Crippen molar-refractivity contribution in [2.45, 2.75) is 36.7 Å². The number of aromatic nitrogens is 2. The van der Waals surface area contributed by atoms with Gasteiger partial charge >= 0.3 is 17.5 Å². The van der Waals surface area contributed by atoms with Gasteiger partial charge in [0.15, 0.2) is 0 Å². The van der Waals surface area contributed by atoms with E-state index in [4.69, 9.17) is 4.74 Å². The molecule has 0 spiro atoms. The number of hydrogen-bond acceptors (Lipinski definition) is 7. The van der Waals surface area contributed by atoms with Crippen LogP contribution in [0.1, 0.15) is 18.2 Å². The van der Waals surface area contributed by atoms with Gasteiger partial charge in [0.25, 0.3) is 5.56 Å². The van der Waals surface area contributed by atoms with E-state index in [2.05, 4.69) is 15.2 Å². The maximum atomic E-state index is 13.1. The molecule has 4 rings (SSSR count). The summed E-state index contributed by atoms with van der Waals surface area (Å²) in [5.74, 6) is 0. The smallest absolute Gasteiger partial charge is 0.394 e. The second-order valence-corrected chi connectivity index (χ2v) is 6.77. The Morgan fingerprint density at radius 1 is 1.24 bits per heavy atom. The van der Waals surface area contributed by atoms with Crippen molar-refractivity contribution in [3.63, 3.8) is 0 Å². The van der Waals surface area contributed by atoms with Crippen molar-refractivity contribution in [1.29, 1.82) is 0 Å². The van der Waals surface area contributed by atoms with Crippen LogP contribution in [-0.2, 0) is 10.4 Å². The molecule has 0 aliphatic carbocycles. The molecule has 0 saturated carbocycles. The summed E-state index contributed by atoms with van der Waals surface area (Å²) in [6, 6.07) is 4.92. The number of rotatable bonds is 4. The fourth-order valence-corrected chi connectivity index (χ4v) is 3.28. The lowest BCUT2D eigenvalue weighted by atomic mass is 9.99. The van der Waals surface area contributed by atoms with Crippen molar-refractivity contribution < 1.29 is 28.1 Å². The van der Waals surface area contributed by atoms with E-state index in [1.165, 1.54) is 18.3 Å². The van der Waals surface area contributed by atoms with E-state index in [1.54, 1.807) is 0 Å². The van der Waals surface area contributed by atoms with Gasteiger partial charge in [0.05, 0.1) is 18.3 Å². The molecule has 12 heteroatoms. The summed E-state index contributed by atoms with van der Waals surface area (Å²) < 4.78 is 45.8. The number of aromatic amines is 1. The number of halogens is 3. The highest BCUT2D eigenvalue weighted by atomic mass is 19.4. The fourth-order valence-electron chi connectivity index (χ4n) is 3.28. The highest BCUT2D eigenvalue weighted by Gasteiger charge is 2.65. The summed E-state index contributed by atoms with van der Waals surface area (Å²) >= 11 is 0. The highest BCUT2D eigenvalue weighted by Crippen LogP contribution is 2.52. The van der Waals surface area contributed by atoms with Gasteiger partial charge in [0, 0.05) is 18.2 Å². The van der Waals surface area contributed by atoms with Gasteiger partial charge in [-0.1, -0.05) is 24.3 Å². The first-order chi connectivity index (χ1) is 13.7. The zero-order valence-electron chi connectivity index (χ0n) is 14.6. The average Bonchev–Trinajstić information content (AvgIpc) is 3.40. The zero-order chi connectivity index (χ0) is 21.0. The monoisotopic (exact) mass is 412 g/mol. The van der Waals surface area contributed by atoms with Gasteiger partial charge in [-0.3, -0.25) is 14.3 Å². The van der Waals surface area contributed by atoms with Crippen LogP contribution in [0.15, 0.2) is 50.3 Å². The lowest BCUT2D eigenvalue weighted by Crippen LogP contribution is -2.33. The largest absolute Gasteiger partial charge is 0.442 e. The van der Waals surface area contributed by atoms with E-state index in [0.717, 1.165) is 16.7 Å². The topological polar surface area (TPSA) is 129 Å². The van der Waals surface area contributed by atoms with Gasteiger partial charge in [-0.05, 0) is 5.56 Å². The predicted molar refractivity (Wildman–Crippen MR) is 91.0 cm³/mol. The van der Waals surface area contributed by atoms with Crippen LogP contribution >= 0.6 is 0 Å². The van der Waals surface area contributed by atoms with Gasteiger partial charge in [-0.25, -0.2) is 4.79 Å². The van der Waals surface area contributed by atoms with E-state index in [9.17, 15) is 33.0 Å². The Hall–Kier alpha value is -2.83. The first-order valence-electron chi connectivity index (χ1n) is 8.58. The molecule has 3 N–H and O–H groups in total. The van der Waals surface area contributed by atoms with Crippen LogP contribution in [0.5, 0.6) is 0 Å². The molecule has 0 amide bonds. The van der Waals surface area contributed by atoms with E-state index in [-0.39, 0.29) is 23.1 Å². The molecular weight excluding hydrogens is 397 g/mol. The second-order valence-electron chi connectivity index (χ2n) is 6.77. The van der Waals surface area contributed by atoms with E-state index in [0.29, 0.717) is 0 Å². The standard InChI is InChI=1S/C17H15F3N4O5/c18-17(19,20)16(22-23-16)9-3-1-8(2-4-9)10-6-24(15(28)21-14(10)27)13-5-11(26)12(7-25)29-13/h1-4,6,11-13,25-26H,5,7H2,(H,21,27,28)/t11?,12-,13-/m0/s1. The minimum Gasteiger partial charge on any atom is -0.394 e. The van der Waals surface area contributed by atoms with Gasteiger partial charge in [0.1, 0.15) is 12.3 Å². The maximum absolute atomic E-state index is 13.1. The number of alkyl halides is 3. The Balaban J connectivity index is 1.68. The first kappa shape index (κ1) is 19.5. The lowest BCUT2D eigenvalue weighted by Gasteiger charge is -2.16. The normalized spacial score (nSPS) is 25.3. The molecule has 9 nitrogen and oxygen atoms in total. The number of nitrogens with zero attached hydrogens (tertiary/aromatic N) is 3. The maximum Gasteiger partial charge on any atom is 0.442 e. The van der Waals surface area contributed by atoms with Crippen LogP contribution in [0.3, 0.4) is 0 Å². The van der Waals surface area contributed by atoms with Crippen molar-refractivity contribution >= 4 is 0 Å². The van der Waals surface area contributed by atoms with E-state index in [1.807, 2.05) is 0 Å². The van der Waals surface area contributed by atoms with Crippen LogP contribution in [0.25, 0.3) is 11.1 Å². The number of H-pyrrole nitrogens is 1. The molecule has 1 aromatic heterocycles. The Morgan fingerprint density at radius 2 is 1.90 bits per heavy atom. The number of nitrogens with one attached hydrogen (secondary N) is 1. The molecule has 1 aromatic carbocycles. The Bertz CT molecular complexity index is 1070. The SMILES string of the molecule is O=c1[nH]c(=O)n([C@@H]2CC(O)[C@H](CO)O2)cc1-c1ccc(C2(C(F)(F)F)N=N2)cc1. The van der Waals surface area contributed by atoms with Crippen molar-refractivity contribution in [2.75, 3.05) is 6.61 Å². The zero-order valence-corrected chi connectivity index (χ0v) is 14.6. The van der Waals surface area contributed by atoms with Crippen molar-refractivity contribution in [3.05, 3.63) is 56.9 Å². The second kappa shape index (κ2) is 6.61. The summed E-state index contributed by atoms with van der Waals surface area (Å²) in [6.45, 7) is -0.443. The molecule has 29 heavy (non-hydrogen) atoms. The van der Waals surface area contributed by atoms with Crippen LogP contribution in [0.2, 0.25) is 0 Å². The minimum absolute atomic E-state index is 0.0205. The predicted octanol–water partition coefficient (Wildman–Crippen LogP) is 1.03. The van der Waals surface area contributed by atoms with Gasteiger partial charge in [-0.2, -0.15) is 13.2 Å². The fraction of sp³-hybridized carbons (Fsp3) is 0.412. The third-order valence-corrected chi connectivity index (χ3v) is 4.96. The molecule has 154 valence electrons. The highest BCUT2D eigenvalue weighted by molar-refractivity contribution is 5.62. The molecule has 1 saturated heterocycles. The lowest BCUT2D eigenvalue weighted by molar-refractivity contribution is -0.166. The molecule has 3 heterocycles. The van der Waals surface area contributed by atoms with E-state index < -0.39 is 48.1 Å². The summed E-state index contributed by atoms with van der Waals surface area (Å²) in [4.78, 5) is 26.5. The molecular formula is C17H15F3N4O5. The minimum atomic E-state index is -4.66. The summed E-state index contributed by atoms with van der Waals surface area (Å²) in [5.41, 5.74) is -3.98. The van der Waals surface area contributed by atoms with Crippen molar-refractivity contribution in [3.8, 4) is 11.1 Å². The Labute approximate surface area is 160 Å². The molecule has 0 bridgehead atoms. The molecule has 2 aromatic rings. The van der Waals surface area contributed by atoms with E-state index >= 15 is 0 Å². The Morgan fingerprint density at radius 3 is 2.41 bits per heavy atom. The number of aliphatic hydroxyl groups is 2. The molecule has 2 aliphatic heterocycles. The van der Waals surface area contributed by atoms with Crippen LogP contribution in [-0.4, -0.2) is 44.8 Å². The molecule has 0 radical (unpaired) electrons. The van der Waals surface area contributed by atoms with Gasteiger partial charge in [-0.15, -0.1) is 10.2 Å². The van der Waals surface area contributed by atoms with Crippen molar-refractivity contribution in [2.24, 2.45) is 10.2 Å². The number of aliphatic hydroxyl groups excluding tert-OH is 2. The van der Waals surface area contributed by atoms with Gasteiger partial charge in [0.2, 0.25) is 0 Å². The number of ether oxygens (including phenoxy) is 1. The molecule has 1 fully saturated rings. The first-order valence-corrected chi connectivity index (χ1v) is 8.58. The van der Waals surface area contributed by atoms with Crippen LogP contribution < -0.4 is 11.2 Å².